The van der Waals surface area contributed by atoms with Crippen molar-refractivity contribution in [2.24, 2.45) is 10.1 Å². The number of hydrazone groups is 1. The summed E-state index contributed by atoms with van der Waals surface area (Å²) in [6, 6.07) is 15.6. The number of carbonyl (C=O) groups excluding carboxylic acids is 2. The zero-order valence-corrected chi connectivity index (χ0v) is 21.8. The van der Waals surface area contributed by atoms with Gasteiger partial charge in [-0.2, -0.15) is 15.1 Å². The first-order valence-corrected chi connectivity index (χ1v) is 13.3. The van der Waals surface area contributed by atoms with Gasteiger partial charge in [0.05, 0.1) is 25.2 Å². The van der Waals surface area contributed by atoms with Gasteiger partial charge in [-0.05, 0) is 41.6 Å². The molecule has 1 fully saturated rings. The average molecular weight is 547 g/mol. The molecule has 0 saturated carbocycles. The number of benzene rings is 2. The standard InChI is InChI=1S/C27H23ClN6O3S/c28-19-7-5-17(6-8-19)15-33-16-18(20-3-1-2-4-22(20)33)13-21-25(29)34-27(30-26(21)36)38-23(31-34)14-24(35)32-9-11-37-12-10-32/h1-8,13,16,29H,9-12,14-15H2/b21-13-,29-25?. The third-order valence-corrected chi connectivity index (χ3v) is 7.71. The van der Waals surface area contributed by atoms with E-state index in [0.717, 1.165) is 33.8 Å². The van der Waals surface area contributed by atoms with Gasteiger partial charge in [-0.15, -0.1) is 0 Å². The van der Waals surface area contributed by atoms with Crippen LogP contribution in [0.1, 0.15) is 17.5 Å². The molecule has 1 N–H and O–H groups in total. The van der Waals surface area contributed by atoms with Crippen molar-refractivity contribution in [2.75, 3.05) is 26.3 Å². The summed E-state index contributed by atoms with van der Waals surface area (Å²) in [6.45, 7) is 2.77. The van der Waals surface area contributed by atoms with Crippen molar-refractivity contribution in [3.05, 3.63) is 76.5 Å². The highest BCUT2D eigenvalue weighted by Gasteiger charge is 2.36. The quantitative estimate of drug-likeness (QED) is 0.483. The van der Waals surface area contributed by atoms with Gasteiger partial charge in [-0.3, -0.25) is 15.0 Å². The first kappa shape index (κ1) is 24.6. The second kappa shape index (κ2) is 10.2. The fourth-order valence-electron chi connectivity index (χ4n) is 4.62. The number of para-hydroxylation sites is 1. The highest BCUT2D eigenvalue weighted by atomic mass is 35.5. The maximum atomic E-state index is 13.0. The molecule has 1 aromatic heterocycles. The molecule has 11 heteroatoms. The summed E-state index contributed by atoms with van der Waals surface area (Å²) in [5.41, 5.74) is 3.05. The number of ether oxygens (including phenoxy) is 1. The van der Waals surface area contributed by atoms with Crippen LogP contribution in [0.3, 0.4) is 0 Å². The SMILES string of the molecule is N=C1/C(=C/c2cn(Cc3ccc(Cl)cc3)c3ccccc23)C(=O)N=C2SC(CC(=O)N3CCOCC3)=NN12. The number of hydrogen-bond acceptors (Lipinski definition) is 6. The summed E-state index contributed by atoms with van der Waals surface area (Å²) in [5.74, 6) is -0.614. The second-order valence-corrected chi connectivity index (χ2v) is 10.5. The van der Waals surface area contributed by atoms with Crippen LogP contribution in [0.25, 0.3) is 17.0 Å². The molecule has 6 rings (SSSR count). The van der Waals surface area contributed by atoms with Gasteiger partial charge in [0.2, 0.25) is 11.1 Å². The van der Waals surface area contributed by atoms with Crippen molar-refractivity contribution in [1.29, 1.82) is 5.41 Å². The number of aliphatic imine (C=N–C) groups is 1. The van der Waals surface area contributed by atoms with Gasteiger partial charge in [0, 0.05) is 47.3 Å². The molecule has 2 amide bonds. The first-order chi connectivity index (χ1) is 18.5. The molecule has 38 heavy (non-hydrogen) atoms. The Kier molecular flexibility index (Phi) is 6.61. The van der Waals surface area contributed by atoms with E-state index in [1.54, 1.807) is 11.0 Å². The predicted molar refractivity (Wildman–Crippen MR) is 150 cm³/mol. The number of morpholine rings is 1. The Balaban J connectivity index is 1.27. The van der Waals surface area contributed by atoms with E-state index in [9.17, 15) is 9.59 Å². The van der Waals surface area contributed by atoms with Crippen LogP contribution < -0.4 is 0 Å². The van der Waals surface area contributed by atoms with Gasteiger partial charge in [0.25, 0.3) is 5.91 Å². The minimum Gasteiger partial charge on any atom is -0.378 e. The molecule has 0 spiro atoms. The molecule has 0 radical (unpaired) electrons. The Bertz CT molecular complexity index is 1550. The molecule has 0 aliphatic carbocycles. The molecule has 9 nitrogen and oxygen atoms in total. The number of aromatic nitrogens is 1. The zero-order chi connectivity index (χ0) is 26.2. The van der Waals surface area contributed by atoms with Crippen LogP contribution in [0.15, 0.2) is 70.4 Å². The van der Waals surface area contributed by atoms with Crippen molar-refractivity contribution in [1.82, 2.24) is 14.5 Å². The minimum absolute atomic E-state index is 0.0536. The summed E-state index contributed by atoms with van der Waals surface area (Å²) >= 11 is 7.20. The molecule has 3 aromatic rings. The van der Waals surface area contributed by atoms with E-state index in [1.165, 1.54) is 5.01 Å². The first-order valence-electron chi connectivity index (χ1n) is 12.1. The number of thioether (sulfide) groups is 1. The smallest absolute Gasteiger partial charge is 0.283 e. The van der Waals surface area contributed by atoms with E-state index in [0.29, 0.717) is 48.1 Å². The minimum atomic E-state index is -0.501. The van der Waals surface area contributed by atoms with Crippen molar-refractivity contribution in [2.45, 2.75) is 13.0 Å². The maximum Gasteiger partial charge on any atom is 0.283 e. The van der Waals surface area contributed by atoms with Gasteiger partial charge in [0.1, 0.15) is 5.04 Å². The predicted octanol–water partition coefficient (Wildman–Crippen LogP) is 4.21. The number of hydrogen-bond donors (Lipinski definition) is 1. The van der Waals surface area contributed by atoms with Gasteiger partial charge >= 0.3 is 0 Å². The normalized spacial score (nSPS) is 18.7. The Morgan fingerprint density at radius 1 is 1.13 bits per heavy atom. The van der Waals surface area contributed by atoms with Crippen molar-refractivity contribution in [3.8, 4) is 0 Å². The van der Waals surface area contributed by atoms with Crippen LogP contribution in [0.4, 0.5) is 0 Å². The van der Waals surface area contributed by atoms with E-state index >= 15 is 0 Å². The molecule has 3 aliphatic rings. The number of nitrogens with one attached hydrogen (secondary N) is 1. The molecule has 0 unspecified atom stereocenters. The lowest BCUT2D eigenvalue weighted by Crippen LogP contribution is -2.41. The highest BCUT2D eigenvalue weighted by Crippen LogP contribution is 2.31. The van der Waals surface area contributed by atoms with E-state index in [4.69, 9.17) is 21.7 Å². The largest absolute Gasteiger partial charge is 0.378 e. The second-order valence-electron chi connectivity index (χ2n) is 9.04. The third kappa shape index (κ3) is 4.78. The van der Waals surface area contributed by atoms with Gasteiger partial charge in [-0.1, -0.05) is 41.9 Å². The lowest BCUT2D eigenvalue weighted by atomic mass is 10.1. The molecular weight excluding hydrogens is 524 g/mol. The van der Waals surface area contributed by atoms with Gasteiger partial charge < -0.3 is 14.2 Å². The lowest BCUT2D eigenvalue weighted by Gasteiger charge is -2.26. The van der Waals surface area contributed by atoms with Crippen molar-refractivity contribution < 1.29 is 14.3 Å². The topological polar surface area (TPSA) is 103 Å². The number of rotatable bonds is 5. The lowest BCUT2D eigenvalue weighted by molar-refractivity contribution is -0.133. The fraction of sp³-hybridized carbons (Fsp3) is 0.222. The van der Waals surface area contributed by atoms with E-state index in [-0.39, 0.29) is 23.7 Å². The summed E-state index contributed by atoms with van der Waals surface area (Å²) < 4.78 is 7.42. The van der Waals surface area contributed by atoms with Gasteiger partial charge in [0.15, 0.2) is 5.84 Å². The molecule has 3 aliphatic heterocycles. The zero-order valence-electron chi connectivity index (χ0n) is 20.3. The molecule has 192 valence electrons. The Morgan fingerprint density at radius 2 is 1.89 bits per heavy atom. The number of halogens is 1. The summed E-state index contributed by atoms with van der Waals surface area (Å²) in [7, 11) is 0. The Labute approximate surface area is 227 Å². The third-order valence-electron chi connectivity index (χ3n) is 6.55. The van der Waals surface area contributed by atoms with E-state index in [1.807, 2.05) is 54.7 Å². The molecule has 2 aromatic carbocycles. The van der Waals surface area contributed by atoms with Crippen LogP contribution in [-0.4, -0.2) is 68.6 Å². The highest BCUT2D eigenvalue weighted by molar-refractivity contribution is 8.27. The fourth-order valence-corrected chi connectivity index (χ4v) is 5.62. The van der Waals surface area contributed by atoms with E-state index in [2.05, 4.69) is 14.7 Å². The number of fused-ring (bicyclic) bond motifs is 2. The summed E-state index contributed by atoms with van der Waals surface area (Å²) in [4.78, 5) is 31.6. The summed E-state index contributed by atoms with van der Waals surface area (Å²) in [5, 5.41) is 17.0. The molecular formula is C27H23ClN6O3S. The van der Waals surface area contributed by atoms with E-state index < -0.39 is 5.91 Å². The van der Waals surface area contributed by atoms with Crippen LogP contribution in [0.2, 0.25) is 5.02 Å². The molecule has 0 atom stereocenters. The number of nitrogens with zero attached hydrogens (tertiary/aromatic N) is 5. The number of amides is 2. The van der Waals surface area contributed by atoms with Crippen LogP contribution in [0.5, 0.6) is 0 Å². The Morgan fingerprint density at radius 3 is 2.68 bits per heavy atom. The molecule has 4 heterocycles. The van der Waals surface area contributed by atoms with Crippen LogP contribution >= 0.6 is 23.4 Å². The molecule has 0 bridgehead atoms. The summed E-state index contributed by atoms with van der Waals surface area (Å²) in [6.07, 6.45) is 3.77. The number of amidine groups is 2. The van der Waals surface area contributed by atoms with Crippen LogP contribution in [-0.2, 0) is 20.9 Å². The Hall–Kier alpha value is -3.73. The maximum absolute atomic E-state index is 13.0. The molecule has 1 saturated heterocycles. The van der Waals surface area contributed by atoms with Crippen molar-refractivity contribution in [3.63, 3.8) is 0 Å². The van der Waals surface area contributed by atoms with Crippen molar-refractivity contribution >= 4 is 68.2 Å². The number of carbonyl (C=O) groups is 2. The van der Waals surface area contributed by atoms with Gasteiger partial charge in [-0.25, -0.2) is 0 Å². The average Bonchev–Trinajstić information content (AvgIpc) is 3.49. The van der Waals surface area contributed by atoms with Crippen LogP contribution in [0, 0.1) is 5.41 Å². The monoisotopic (exact) mass is 546 g/mol.